The van der Waals surface area contributed by atoms with Gasteiger partial charge < -0.3 is 5.32 Å². The Labute approximate surface area is 101 Å². The van der Waals surface area contributed by atoms with Crippen LogP contribution in [0.2, 0.25) is 0 Å². The van der Waals surface area contributed by atoms with Crippen molar-refractivity contribution in [1.82, 2.24) is 5.32 Å². The second-order valence-electron chi connectivity index (χ2n) is 3.38. The fourth-order valence-electron chi connectivity index (χ4n) is 1.24. The highest BCUT2D eigenvalue weighted by Crippen LogP contribution is 2.06. The Morgan fingerprint density at radius 2 is 2.12 bits per heavy atom. The third-order valence-corrected chi connectivity index (χ3v) is 3.01. The highest BCUT2D eigenvalue weighted by atomic mass is 32.2. The molecule has 1 aromatic rings. The monoisotopic (exact) mass is 235 g/mol. The fourth-order valence-corrected chi connectivity index (χ4v) is 2.05. The van der Waals surface area contributed by atoms with Crippen molar-refractivity contribution < 1.29 is 4.79 Å². The highest BCUT2D eigenvalue weighted by Gasteiger charge is 1.99. The summed E-state index contributed by atoms with van der Waals surface area (Å²) in [4.78, 5) is 11.2. The number of thioether (sulfide) groups is 1. The lowest BCUT2D eigenvalue weighted by atomic mass is 10.2. The van der Waals surface area contributed by atoms with E-state index in [1.807, 2.05) is 18.2 Å². The minimum Gasteiger partial charge on any atom is -0.352 e. The summed E-state index contributed by atoms with van der Waals surface area (Å²) in [6.07, 6.45) is 2.70. The van der Waals surface area contributed by atoms with Gasteiger partial charge in [0.2, 0.25) is 5.91 Å². The van der Waals surface area contributed by atoms with Gasteiger partial charge in [-0.25, -0.2) is 0 Å². The zero-order valence-electron chi connectivity index (χ0n) is 9.32. The molecule has 1 N–H and O–H groups in total. The molecule has 0 aliphatic heterocycles. The molecule has 0 aliphatic carbocycles. The Hall–Kier alpha value is -1.22. The molecule has 0 fully saturated rings. The molecular formula is C13H17NOS. The van der Waals surface area contributed by atoms with Gasteiger partial charge in [-0.05, 0) is 17.7 Å². The molecule has 0 saturated carbocycles. The van der Waals surface area contributed by atoms with Crippen LogP contribution < -0.4 is 5.32 Å². The summed E-state index contributed by atoms with van der Waals surface area (Å²) >= 11 is 1.66. The van der Waals surface area contributed by atoms with Gasteiger partial charge in [-0.2, -0.15) is 11.8 Å². The van der Waals surface area contributed by atoms with E-state index in [-0.39, 0.29) is 5.91 Å². The molecule has 1 rings (SSSR count). The molecule has 0 aromatic heterocycles. The summed E-state index contributed by atoms with van der Waals surface area (Å²) in [5, 5.41) is 2.75. The summed E-state index contributed by atoms with van der Waals surface area (Å²) in [6, 6.07) is 10.3. The lowest BCUT2D eigenvalue weighted by molar-refractivity contribution is -0.118. The molecule has 0 heterocycles. The number of rotatable bonds is 7. The van der Waals surface area contributed by atoms with Crippen molar-refractivity contribution in [2.45, 2.75) is 6.42 Å². The van der Waals surface area contributed by atoms with Crippen LogP contribution in [0.4, 0.5) is 0 Å². The van der Waals surface area contributed by atoms with Crippen LogP contribution >= 0.6 is 11.8 Å². The van der Waals surface area contributed by atoms with Gasteiger partial charge in [0, 0.05) is 6.54 Å². The van der Waals surface area contributed by atoms with Gasteiger partial charge in [0.05, 0.1) is 5.75 Å². The first-order chi connectivity index (χ1) is 7.83. The van der Waals surface area contributed by atoms with E-state index >= 15 is 0 Å². The predicted molar refractivity (Wildman–Crippen MR) is 70.7 cm³/mol. The summed E-state index contributed by atoms with van der Waals surface area (Å²) in [5.41, 5.74) is 1.32. The summed E-state index contributed by atoms with van der Waals surface area (Å²) in [7, 11) is 0. The average molecular weight is 235 g/mol. The van der Waals surface area contributed by atoms with Crippen LogP contribution in [0.3, 0.4) is 0 Å². The van der Waals surface area contributed by atoms with Crippen LogP contribution in [0.5, 0.6) is 0 Å². The van der Waals surface area contributed by atoms with Gasteiger partial charge in [0.15, 0.2) is 0 Å². The molecule has 1 aromatic carbocycles. The maximum Gasteiger partial charge on any atom is 0.230 e. The Kier molecular flexibility index (Phi) is 6.42. The maximum absolute atomic E-state index is 11.2. The van der Waals surface area contributed by atoms with Crippen LogP contribution in [-0.2, 0) is 11.2 Å². The van der Waals surface area contributed by atoms with Crippen LogP contribution in [0, 0.1) is 0 Å². The minimum atomic E-state index is 0.0814. The molecule has 0 aliphatic rings. The maximum atomic E-state index is 11.2. The normalized spacial score (nSPS) is 9.75. The van der Waals surface area contributed by atoms with Crippen LogP contribution in [0.25, 0.3) is 0 Å². The highest BCUT2D eigenvalue weighted by molar-refractivity contribution is 7.99. The zero-order valence-corrected chi connectivity index (χ0v) is 10.1. The SMILES string of the molecule is C=CCNC(=O)CSCCc1ccccc1. The largest absolute Gasteiger partial charge is 0.352 e. The summed E-state index contributed by atoms with van der Waals surface area (Å²) < 4.78 is 0. The molecule has 0 bridgehead atoms. The molecule has 0 spiro atoms. The van der Waals surface area contributed by atoms with Crippen LogP contribution in [-0.4, -0.2) is 24.0 Å². The molecule has 2 nitrogen and oxygen atoms in total. The third kappa shape index (κ3) is 5.61. The van der Waals surface area contributed by atoms with Gasteiger partial charge in [-0.15, -0.1) is 6.58 Å². The van der Waals surface area contributed by atoms with Gasteiger partial charge in [-0.3, -0.25) is 4.79 Å². The first kappa shape index (κ1) is 12.8. The molecule has 86 valence electrons. The second-order valence-corrected chi connectivity index (χ2v) is 4.49. The van der Waals surface area contributed by atoms with Gasteiger partial charge >= 0.3 is 0 Å². The van der Waals surface area contributed by atoms with Crippen molar-refractivity contribution in [2.24, 2.45) is 0 Å². The quantitative estimate of drug-likeness (QED) is 0.580. The standard InChI is InChI=1S/C13H17NOS/c1-2-9-14-13(15)11-16-10-8-12-6-4-3-5-7-12/h2-7H,1,8-11H2,(H,14,15). The first-order valence-corrected chi connectivity index (χ1v) is 6.47. The molecule has 0 saturated heterocycles. The molecule has 1 amide bonds. The average Bonchev–Trinajstić information content (AvgIpc) is 2.33. The van der Waals surface area contributed by atoms with Crippen LogP contribution in [0.15, 0.2) is 43.0 Å². The molecule has 3 heteroatoms. The van der Waals surface area contributed by atoms with E-state index in [4.69, 9.17) is 0 Å². The minimum absolute atomic E-state index is 0.0814. The molecule has 0 radical (unpaired) electrons. The van der Waals surface area contributed by atoms with E-state index in [9.17, 15) is 4.79 Å². The number of carbonyl (C=O) groups excluding carboxylic acids is 1. The van der Waals surface area contributed by atoms with Crippen molar-refractivity contribution in [1.29, 1.82) is 0 Å². The van der Waals surface area contributed by atoms with Gasteiger partial charge in [0.25, 0.3) is 0 Å². The lowest BCUT2D eigenvalue weighted by Crippen LogP contribution is -2.25. The number of hydrogen-bond donors (Lipinski definition) is 1. The number of benzene rings is 1. The third-order valence-electron chi connectivity index (χ3n) is 2.05. The summed E-state index contributed by atoms with van der Waals surface area (Å²) in [6.45, 7) is 4.10. The molecule has 16 heavy (non-hydrogen) atoms. The van der Waals surface area contributed by atoms with Gasteiger partial charge in [-0.1, -0.05) is 36.4 Å². The summed E-state index contributed by atoms with van der Waals surface area (Å²) in [5.74, 6) is 1.59. The Bertz CT molecular complexity index is 324. The topological polar surface area (TPSA) is 29.1 Å². The number of amides is 1. The van der Waals surface area contributed by atoms with Crippen molar-refractivity contribution in [3.05, 3.63) is 48.6 Å². The predicted octanol–water partition coefficient (Wildman–Crippen LogP) is 2.26. The van der Waals surface area contributed by atoms with Crippen LogP contribution in [0.1, 0.15) is 5.56 Å². The van der Waals surface area contributed by atoms with E-state index in [1.165, 1.54) is 5.56 Å². The van der Waals surface area contributed by atoms with E-state index in [0.717, 1.165) is 12.2 Å². The molecule has 0 unspecified atom stereocenters. The van der Waals surface area contributed by atoms with E-state index in [0.29, 0.717) is 12.3 Å². The van der Waals surface area contributed by atoms with Crippen molar-refractivity contribution in [3.63, 3.8) is 0 Å². The Morgan fingerprint density at radius 3 is 2.81 bits per heavy atom. The number of hydrogen-bond acceptors (Lipinski definition) is 2. The van der Waals surface area contributed by atoms with E-state index in [2.05, 4.69) is 24.0 Å². The van der Waals surface area contributed by atoms with Crippen molar-refractivity contribution >= 4 is 17.7 Å². The molecular weight excluding hydrogens is 218 g/mol. The van der Waals surface area contributed by atoms with Gasteiger partial charge in [0.1, 0.15) is 0 Å². The Morgan fingerprint density at radius 1 is 1.38 bits per heavy atom. The zero-order chi connectivity index (χ0) is 11.6. The van der Waals surface area contributed by atoms with E-state index in [1.54, 1.807) is 17.8 Å². The first-order valence-electron chi connectivity index (χ1n) is 5.32. The lowest BCUT2D eigenvalue weighted by Gasteiger charge is -2.02. The Balaban J connectivity index is 2.08. The fraction of sp³-hybridized carbons (Fsp3) is 0.308. The second kappa shape index (κ2) is 7.99. The van der Waals surface area contributed by atoms with E-state index < -0.39 is 0 Å². The smallest absolute Gasteiger partial charge is 0.230 e. The van der Waals surface area contributed by atoms with Crippen molar-refractivity contribution in [3.8, 4) is 0 Å². The van der Waals surface area contributed by atoms with Crippen molar-refractivity contribution in [2.75, 3.05) is 18.1 Å². The molecule has 0 atom stereocenters. The number of aryl methyl sites for hydroxylation is 1. The number of carbonyl (C=O) groups is 1. The number of nitrogens with one attached hydrogen (secondary N) is 1.